The zero-order valence-corrected chi connectivity index (χ0v) is 12.1. The van der Waals surface area contributed by atoms with E-state index in [1.807, 2.05) is 19.9 Å². The van der Waals surface area contributed by atoms with E-state index in [4.69, 9.17) is 9.47 Å². The van der Waals surface area contributed by atoms with Gasteiger partial charge in [-0.25, -0.2) is 9.78 Å². The third-order valence-electron chi connectivity index (χ3n) is 2.90. The molecule has 0 saturated carbocycles. The number of carbonyl (C=O) groups excluding carboxylic acids is 1. The van der Waals surface area contributed by atoms with Gasteiger partial charge in [-0.2, -0.15) is 0 Å². The van der Waals surface area contributed by atoms with E-state index in [1.54, 1.807) is 13.2 Å². The fraction of sp³-hybridized carbons (Fsp3) is 0.538. The molecule has 1 heterocycles. The van der Waals surface area contributed by atoms with Crippen LogP contribution in [0.25, 0.3) is 0 Å². The van der Waals surface area contributed by atoms with Crippen molar-refractivity contribution in [2.45, 2.75) is 20.1 Å². The van der Waals surface area contributed by atoms with E-state index in [0.717, 1.165) is 11.1 Å². The summed E-state index contributed by atoms with van der Waals surface area (Å²) in [5, 5.41) is 2.73. The van der Waals surface area contributed by atoms with Gasteiger partial charge in [0.25, 0.3) is 0 Å². The van der Waals surface area contributed by atoms with Gasteiger partial charge in [0.15, 0.2) is 6.29 Å². The lowest BCUT2D eigenvalue weighted by atomic mass is 10.2. The molecule has 19 heavy (non-hydrogen) atoms. The molecule has 0 radical (unpaired) electrons. The molecule has 0 aliphatic heterocycles. The molecule has 0 unspecified atom stereocenters. The molecule has 2 amide bonds. The number of nitrogens with zero attached hydrogens (tertiary/aromatic N) is 2. The molecule has 1 aromatic heterocycles. The Kier molecular flexibility index (Phi) is 5.72. The number of anilines is 1. The maximum Gasteiger partial charge on any atom is 0.322 e. The van der Waals surface area contributed by atoms with E-state index in [-0.39, 0.29) is 6.03 Å². The van der Waals surface area contributed by atoms with Gasteiger partial charge in [-0.1, -0.05) is 0 Å². The van der Waals surface area contributed by atoms with Gasteiger partial charge < -0.3 is 14.4 Å². The Bertz CT molecular complexity index is 433. The Balaban J connectivity index is 2.60. The zero-order chi connectivity index (χ0) is 14.4. The Hall–Kier alpha value is -1.66. The molecule has 1 aromatic rings. The number of aromatic nitrogens is 1. The zero-order valence-electron chi connectivity index (χ0n) is 12.1. The maximum atomic E-state index is 11.9. The van der Waals surface area contributed by atoms with Crippen molar-refractivity contribution >= 4 is 11.8 Å². The summed E-state index contributed by atoms with van der Waals surface area (Å²) in [6, 6.07) is 1.58. The highest BCUT2D eigenvalue weighted by Crippen LogP contribution is 2.11. The monoisotopic (exact) mass is 267 g/mol. The number of rotatable bonds is 5. The van der Waals surface area contributed by atoms with Gasteiger partial charge in [0, 0.05) is 27.5 Å². The topological polar surface area (TPSA) is 63.7 Å². The molecule has 0 aliphatic rings. The third kappa shape index (κ3) is 4.50. The van der Waals surface area contributed by atoms with E-state index in [1.165, 1.54) is 19.1 Å². The number of nitrogens with one attached hydrogen (secondary N) is 1. The molecular formula is C13H21N3O3. The first-order chi connectivity index (χ1) is 8.97. The number of likely N-dealkylation sites (N-methyl/N-ethyl adjacent to an activating group) is 1. The summed E-state index contributed by atoms with van der Waals surface area (Å²) in [5.74, 6) is 0.534. The lowest BCUT2D eigenvalue weighted by Gasteiger charge is -2.22. The second-order valence-corrected chi connectivity index (χ2v) is 4.37. The second-order valence-electron chi connectivity index (χ2n) is 4.37. The van der Waals surface area contributed by atoms with E-state index in [9.17, 15) is 4.79 Å². The predicted octanol–water partition coefficient (Wildman–Crippen LogP) is 1.78. The highest BCUT2D eigenvalue weighted by Gasteiger charge is 2.15. The summed E-state index contributed by atoms with van der Waals surface area (Å²) >= 11 is 0. The van der Waals surface area contributed by atoms with Gasteiger partial charge in [-0.05, 0) is 31.0 Å². The minimum atomic E-state index is -0.441. The average molecular weight is 267 g/mol. The van der Waals surface area contributed by atoms with Crippen LogP contribution in [0.3, 0.4) is 0 Å². The van der Waals surface area contributed by atoms with Crippen molar-refractivity contribution in [2.75, 3.05) is 33.1 Å². The van der Waals surface area contributed by atoms with Crippen LogP contribution in [0.2, 0.25) is 0 Å². The minimum absolute atomic E-state index is 0.255. The van der Waals surface area contributed by atoms with Crippen LogP contribution in [0.5, 0.6) is 0 Å². The lowest BCUT2D eigenvalue weighted by Crippen LogP contribution is -2.38. The molecule has 0 aromatic carbocycles. The molecule has 0 bridgehead atoms. The van der Waals surface area contributed by atoms with Crippen molar-refractivity contribution in [3.05, 3.63) is 23.4 Å². The molecule has 106 valence electrons. The van der Waals surface area contributed by atoms with Crippen LogP contribution in [0, 0.1) is 13.8 Å². The average Bonchev–Trinajstić information content (AvgIpc) is 2.39. The van der Waals surface area contributed by atoms with Gasteiger partial charge in [0.2, 0.25) is 0 Å². The van der Waals surface area contributed by atoms with Crippen LogP contribution in [0.15, 0.2) is 12.3 Å². The summed E-state index contributed by atoms with van der Waals surface area (Å²) in [7, 11) is 4.73. The van der Waals surface area contributed by atoms with E-state index in [0.29, 0.717) is 12.4 Å². The predicted molar refractivity (Wildman–Crippen MR) is 73.2 cm³/mol. The number of pyridine rings is 1. The fourth-order valence-electron chi connectivity index (χ4n) is 1.45. The van der Waals surface area contributed by atoms with Crippen molar-refractivity contribution in [3.63, 3.8) is 0 Å². The van der Waals surface area contributed by atoms with Crippen molar-refractivity contribution in [1.29, 1.82) is 0 Å². The molecule has 0 atom stereocenters. The van der Waals surface area contributed by atoms with Gasteiger partial charge in [-0.15, -0.1) is 0 Å². The number of ether oxygens (including phenoxy) is 2. The van der Waals surface area contributed by atoms with Crippen LogP contribution >= 0.6 is 0 Å². The van der Waals surface area contributed by atoms with Crippen molar-refractivity contribution in [2.24, 2.45) is 0 Å². The smallest absolute Gasteiger partial charge is 0.322 e. The first-order valence-corrected chi connectivity index (χ1v) is 5.99. The van der Waals surface area contributed by atoms with Gasteiger partial charge in [0.05, 0.1) is 6.54 Å². The van der Waals surface area contributed by atoms with E-state index >= 15 is 0 Å². The van der Waals surface area contributed by atoms with Gasteiger partial charge in [0.1, 0.15) is 5.82 Å². The first kappa shape index (κ1) is 15.4. The quantitative estimate of drug-likeness (QED) is 0.826. The summed E-state index contributed by atoms with van der Waals surface area (Å²) in [6.07, 6.45) is 1.29. The lowest BCUT2D eigenvalue weighted by molar-refractivity contribution is -0.108. The molecular weight excluding hydrogens is 246 g/mol. The molecule has 6 heteroatoms. The first-order valence-electron chi connectivity index (χ1n) is 5.99. The summed E-state index contributed by atoms with van der Waals surface area (Å²) in [6.45, 7) is 4.29. The Morgan fingerprint density at radius 1 is 1.37 bits per heavy atom. The van der Waals surface area contributed by atoms with Crippen molar-refractivity contribution < 1.29 is 14.3 Å². The Labute approximate surface area is 113 Å². The van der Waals surface area contributed by atoms with Crippen molar-refractivity contribution in [3.8, 4) is 0 Å². The number of hydrogen-bond donors (Lipinski definition) is 1. The molecule has 1 N–H and O–H groups in total. The summed E-state index contributed by atoms with van der Waals surface area (Å²) in [4.78, 5) is 17.6. The molecule has 0 spiro atoms. The summed E-state index contributed by atoms with van der Waals surface area (Å²) < 4.78 is 10.1. The standard InChI is InChI=1S/C13H21N3O3/c1-9-6-11(14-7-10(9)2)15-13(17)16(3)8-12(18-4)19-5/h6-7,12H,8H2,1-5H3,(H,14,15,17). The molecule has 1 rings (SSSR count). The van der Waals surface area contributed by atoms with Crippen LogP contribution in [0.4, 0.5) is 10.6 Å². The largest absolute Gasteiger partial charge is 0.354 e. The van der Waals surface area contributed by atoms with E-state index in [2.05, 4.69) is 10.3 Å². The third-order valence-corrected chi connectivity index (χ3v) is 2.90. The highest BCUT2D eigenvalue weighted by molar-refractivity contribution is 5.88. The summed E-state index contributed by atoms with van der Waals surface area (Å²) in [5.41, 5.74) is 2.17. The molecule has 0 fully saturated rings. The highest BCUT2D eigenvalue weighted by atomic mass is 16.7. The van der Waals surface area contributed by atoms with Crippen LogP contribution in [-0.4, -0.2) is 50.0 Å². The van der Waals surface area contributed by atoms with Gasteiger partial charge >= 0.3 is 6.03 Å². The SMILES string of the molecule is COC(CN(C)C(=O)Nc1cc(C)c(C)cn1)OC. The van der Waals surface area contributed by atoms with Gasteiger partial charge in [-0.3, -0.25) is 5.32 Å². The number of carbonyl (C=O) groups is 1. The Morgan fingerprint density at radius 3 is 2.53 bits per heavy atom. The van der Waals surface area contributed by atoms with E-state index < -0.39 is 6.29 Å². The number of hydrogen-bond acceptors (Lipinski definition) is 4. The van der Waals surface area contributed by atoms with Crippen LogP contribution < -0.4 is 5.32 Å². The number of amides is 2. The maximum absolute atomic E-state index is 11.9. The fourth-order valence-corrected chi connectivity index (χ4v) is 1.45. The number of methoxy groups -OCH3 is 2. The van der Waals surface area contributed by atoms with Crippen LogP contribution in [0.1, 0.15) is 11.1 Å². The Morgan fingerprint density at radius 2 is 2.00 bits per heavy atom. The molecule has 6 nitrogen and oxygen atoms in total. The number of urea groups is 1. The minimum Gasteiger partial charge on any atom is -0.354 e. The van der Waals surface area contributed by atoms with Crippen LogP contribution in [-0.2, 0) is 9.47 Å². The molecule has 0 aliphatic carbocycles. The normalized spacial score (nSPS) is 10.6. The second kappa shape index (κ2) is 7.06. The molecule has 0 saturated heterocycles. The number of aryl methyl sites for hydroxylation is 2. The van der Waals surface area contributed by atoms with Crippen molar-refractivity contribution in [1.82, 2.24) is 9.88 Å².